The molecule has 3 heterocycles. The van der Waals surface area contributed by atoms with Crippen LogP contribution in [0.25, 0.3) is 22.6 Å². The first-order chi connectivity index (χ1) is 12.1. The summed E-state index contributed by atoms with van der Waals surface area (Å²) in [6.45, 7) is 1.02. The summed E-state index contributed by atoms with van der Waals surface area (Å²) in [5.74, 6) is 0.785. The van der Waals surface area contributed by atoms with E-state index in [9.17, 15) is 9.90 Å². The van der Waals surface area contributed by atoms with Crippen molar-refractivity contribution in [1.82, 2.24) is 19.4 Å². The van der Waals surface area contributed by atoms with Crippen LogP contribution in [-0.2, 0) is 0 Å². The van der Waals surface area contributed by atoms with Crippen LogP contribution in [0.3, 0.4) is 0 Å². The molecule has 3 aromatic rings. The summed E-state index contributed by atoms with van der Waals surface area (Å²) in [6, 6.07) is 11.6. The molecule has 0 aliphatic carbocycles. The number of amides is 1. The number of hydrogen-bond donors (Lipinski definition) is 1. The maximum Gasteiger partial charge on any atom is 0.407 e. The lowest BCUT2D eigenvalue weighted by atomic mass is 10.0. The number of piperidine rings is 1. The van der Waals surface area contributed by atoms with Gasteiger partial charge in [-0.3, -0.25) is 0 Å². The summed E-state index contributed by atoms with van der Waals surface area (Å²) >= 11 is 6.40. The van der Waals surface area contributed by atoms with E-state index in [4.69, 9.17) is 16.6 Å². The van der Waals surface area contributed by atoms with Crippen LogP contribution in [-0.4, -0.2) is 43.7 Å². The molecular weight excluding hydrogens is 340 g/mol. The molecule has 0 saturated carbocycles. The second-order valence-corrected chi connectivity index (χ2v) is 6.54. The SMILES string of the molecule is O=C(O)N1CCC(n2c(-c3ccccc3Cl)nc3cccnc32)CC1. The van der Waals surface area contributed by atoms with Crippen molar-refractivity contribution in [2.45, 2.75) is 18.9 Å². The first-order valence-electron chi connectivity index (χ1n) is 8.21. The Kier molecular flexibility index (Phi) is 4.05. The number of carboxylic acid groups (broad SMARTS) is 1. The van der Waals surface area contributed by atoms with Gasteiger partial charge in [0.25, 0.3) is 0 Å². The molecule has 0 atom stereocenters. The number of benzene rings is 1. The van der Waals surface area contributed by atoms with Crippen LogP contribution >= 0.6 is 11.6 Å². The molecule has 1 N–H and O–H groups in total. The highest BCUT2D eigenvalue weighted by Gasteiger charge is 2.27. The van der Waals surface area contributed by atoms with Crippen LogP contribution < -0.4 is 0 Å². The first kappa shape index (κ1) is 15.9. The lowest BCUT2D eigenvalue weighted by Gasteiger charge is -2.31. The Morgan fingerprint density at radius 1 is 1.16 bits per heavy atom. The van der Waals surface area contributed by atoms with Crippen molar-refractivity contribution >= 4 is 28.9 Å². The third kappa shape index (κ3) is 2.82. The molecule has 1 fully saturated rings. The third-order valence-corrected chi connectivity index (χ3v) is 4.99. The van der Waals surface area contributed by atoms with Crippen LogP contribution in [0, 0.1) is 0 Å². The van der Waals surface area contributed by atoms with Crippen molar-refractivity contribution in [3.63, 3.8) is 0 Å². The average Bonchev–Trinajstić information content (AvgIpc) is 3.01. The Morgan fingerprint density at radius 3 is 2.64 bits per heavy atom. The van der Waals surface area contributed by atoms with Gasteiger partial charge in [-0.2, -0.15) is 0 Å². The highest BCUT2D eigenvalue weighted by molar-refractivity contribution is 6.33. The number of likely N-dealkylation sites (tertiary alicyclic amines) is 1. The number of imidazole rings is 1. The number of nitrogens with zero attached hydrogens (tertiary/aromatic N) is 4. The summed E-state index contributed by atoms with van der Waals surface area (Å²) < 4.78 is 2.12. The molecule has 1 aliphatic rings. The monoisotopic (exact) mass is 356 g/mol. The van der Waals surface area contributed by atoms with Crippen LogP contribution in [0.1, 0.15) is 18.9 Å². The molecule has 0 radical (unpaired) electrons. The van der Waals surface area contributed by atoms with Crippen molar-refractivity contribution in [2.24, 2.45) is 0 Å². The zero-order valence-electron chi connectivity index (χ0n) is 13.5. The zero-order chi connectivity index (χ0) is 17.4. The maximum absolute atomic E-state index is 11.2. The third-order valence-electron chi connectivity index (χ3n) is 4.66. The van der Waals surface area contributed by atoms with E-state index in [-0.39, 0.29) is 6.04 Å². The Hall–Kier alpha value is -2.60. The minimum Gasteiger partial charge on any atom is -0.465 e. The van der Waals surface area contributed by atoms with Gasteiger partial charge in [-0.25, -0.2) is 14.8 Å². The molecule has 0 spiro atoms. The Balaban J connectivity index is 1.81. The van der Waals surface area contributed by atoms with E-state index in [1.165, 1.54) is 4.90 Å². The summed E-state index contributed by atoms with van der Waals surface area (Å²) in [4.78, 5) is 21.9. The van der Waals surface area contributed by atoms with Gasteiger partial charge in [-0.15, -0.1) is 0 Å². The fraction of sp³-hybridized carbons (Fsp3) is 0.278. The molecular formula is C18H17ClN4O2. The molecule has 1 aromatic carbocycles. The molecule has 7 heteroatoms. The fourth-order valence-electron chi connectivity index (χ4n) is 3.42. The number of rotatable bonds is 2. The minimum absolute atomic E-state index is 0.141. The molecule has 1 amide bonds. The van der Waals surface area contributed by atoms with Gasteiger partial charge in [0.1, 0.15) is 11.3 Å². The largest absolute Gasteiger partial charge is 0.465 e. The van der Waals surface area contributed by atoms with Crippen molar-refractivity contribution in [1.29, 1.82) is 0 Å². The van der Waals surface area contributed by atoms with Crippen molar-refractivity contribution < 1.29 is 9.90 Å². The van der Waals surface area contributed by atoms with Gasteiger partial charge in [0.2, 0.25) is 0 Å². The number of hydrogen-bond acceptors (Lipinski definition) is 3. The number of halogens is 1. The van der Waals surface area contributed by atoms with Gasteiger partial charge < -0.3 is 14.6 Å². The zero-order valence-corrected chi connectivity index (χ0v) is 14.2. The van der Waals surface area contributed by atoms with E-state index in [1.54, 1.807) is 6.20 Å². The van der Waals surface area contributed by atoms with Gasteiger partial charge in [0, 0.05) is 30.9 Å². The molecule has 25 heavy (non-hydrogen) atoms. The Labute approximate surface area is 149 Å². The van der Waals surface area contributed by atoms with E-state index in [0.29, 0.717) is 18.1 Å². The quantitative estimate of drug-likeness (QED) is 0.751. The first-order valence-corrected chi connectivity index (χ1v) is 8.58. The summed E-state index contributed by atoms with van der Waals surface area (Å²) in [5.41, 5.74) is 2.49. The standard InChI is InChI=1S/C18H17ClN4O2/c19-14-5-2-1-4-13(14)16-21-15-6-3-9-20-17(15)23(16)12-7-10-22(11-8-12)18(24)25/h1-6,9,12H,7-8,10-11H2,(H,24,25). The van der Waals surface area contributed by atoms with Gasteiger partial charge in [-0.05, 0) is 37.1 Å². The predicted octanol–water partition coefficient (Wildman–Crippen LogP) is 4.07. The van der Waals surface area contributed by atoms with Gasteiger partial charge >= 0.3 is 6.09 Å². The van der Waals surface area contributed by atoms with E-state index in [1.807, 2.05) is 36.4 Å². The lowest BCUT2D eigenvalue weighted by Crippen LogP contribution is -2.38. The summed E-state index contributed by atoms with van der Waals surface area (Å²) in [5, 5.41) is 9.81. The molecule has 0 bridgehead atoms. The number of pyridine rings is 1. The van der Waals surface area contributed by atoms with Crippen LogP contribution in [0.5, 0.6) is 0 Å². The molecule has 2 aromatic heterocycles. The van der Waals surface area contributed by atoms with Gasteiger partial charge in [0.15, 0.2) is 5.65 Å². The van der Waals surface area contributed by atoms with Crippen LogP contribution in [0.4, 0.5) is 4.79 Å². The lowest BCUT2D eigenvalue weighted by molar-refractivity contribution is 0.126. The van der Waals surface area contributed by atoms with Crippen molar-refractivity contribution in [3.8, 4) is 11.4 Å². The number of aromatic nitrogens is 3. The number of carbonyl (C=O) groups is 1. The van der Waals surface area contributed by atoms with Crippen molar-refractivity contribution in [2.75, 3.05) is 13.1 Å². The normalized spacial score (nSPS) is 15.6. The van der Waals surface area contributed by atoms with Gasteiger partial charge in [-0.1, -0.05) is 23.7 Å². The maximum atomic E-state index is 11.2. The summed E-state index contributed by atoms with van der Waals surface area (Å²) in [6.07, 6.45) is 2.35. The van der Waals surface area contributed by atoms with Crippen molar-refractivity contribution in [3.05, 3.63) is 47.6 Å². The highest BCUT2D eigenvalue weighted by Crippen LogP contribution is 2.35. The molecule has 6 nitrogen and oxygen atoms in total. The predicted molar refractivity (Wildman–Crippen MR) is 95.8 cm³/mol. The molecule has 128 valence electrons. The smallest absolute Gasteiger partial charge is 0.407 e. The van der Waals surface area contributed by atoms with Crippen LogP contribution in [0.2, 0.25) is 5.02 Å². The van der Waals surface area contributed by atoms with E-state index in [0.717, 1.165) is 35.4 Å². The molecule has 1 aliphatic heterocycles. The molecule has 4 rings (SSSR count). The summed E-state index contributed by atoms with van der Waals surface area (Å²) in [7, 11) is 0. The second-order valence-electron chi connectivity index (χ2n) is 6.13. The number of fused-ring (bicyclic) bond motifs is 1. The van der Waals surface area contributed by atoms with E-state index >= 15 is 0 Å². The molecule has 1 saturated heterocycles. The Bertz CT molecular complexity index is 932. The fourth-order valence-corrected chi connectivity index (χ4v) is 3.64. The molecule has 0 unspecified atom stereocenters. The topological polar surface area (TPSA) is 71.2 Å². The van der Waals surface area contributed by atoms with Crippen LogP contribution in [0.15, 0.2) is 42.6 Å². The minimum atomic E-state index is -0.863. The van der Waals surface area contributed by atoms with E-state index < -0.39 is 6.09 Å². The Morgan fingerprint density at radius 2 is 1.92 bits per heavy atom. The average molecular weight is 357 g/mol. The highest BCUT2D eigenvalue weighted by atomic mass is 35.5. The van der Waals surface area contributed by atoms with Gasteiger partial charge in [0.05, 0.1) is 5.02 Å². The second kappa shape index (κ2) is 6.37. The van der Waals surface area contributed by atoms with E-state index in [2.05, 4.69) is 9.55 Å².